The molecular formula is C30H38O3. The zero-order chi connectivity index (χ0) is 23.2. The molecule has 3 nitrogen and oxygen atoms in total. The summed E-state index contributed by atoms with van der Waals surface area (Å²) in [5.74, 6) is 0.953. The lowest BCUT2D eigenvalue weighted by Gasteiger charge is -2.39. The van der Waals surface area contributed by atoms with Crippen LogP contribution in [0.15, 0.2) is 91.0 Å². The van der Waals surface area contributed by atoms with Gasteiger partial charge in [0, 0.05) is 0 Å². The van der Waals surface area contributed by atoms with Crippen molar-refractivity contribution in [2.24, 2.45) is 5.92 Å². The summed E-state index contributed by atoms with van der Waals surface area (Å²) in [6.07, 6.45) is 9.34. The number of rotatable bonds is 15. The van der Waals surface area contributed by atoms with E-state index in [-0.39, 0.29) is 5.92 Å². The SMILES string of the molecule is CCCCCCCCC(CC)C(Oc1ccccc1)(Oc1ccccc1)Oc1ccccc1. The third-order valence-electron chi connectivity index (χ3n) is 5.91. The van der Waals surface area contributed by atoms with Gasteiger partial charge in [0.15, 0.2) is 0 Å². The maximum absolute atomic E-state index is 6.61. The van der Waals surface area contributed by atoms with Crippen molar-refractivity contribution in [3.8, 4) is 17.2 Å². The Hall–Kier alpha value is -2.94. The minimum atomic E-state index is -1.28. The number of ether oxygens (including phenoxy) is 3. The number of hydrogen-bond donors (Lipinski definition) is 0. The molecule has 0 amide bonds. The van der Waals surface area contributed by atoms with Crippen molar-refractivity contribution in [3.63, 3.8) is 0 Å². The van der Waals surface area contributed by atoms with E-state index in [1.165, 1.54) is 32.1 Å². The van der Waals surface area contributed by atoms with Gasteiger partial charge in [0.2, 0.25) is 0 Å². The molecule has 3 aromatic rings. The van der Waals surface area contributed by atoms with Gasteiger partial charge in [-0.05, 0) is 49.2 Å². The summed E-state index contributed by atoms with van der Waals surface area (Å²) < 4.78 is 19.8. The highest BCUT2D eigenvalue weighted by molar-refractivity contribution is 5.26. The predicted molar refractivity (Wildman–Crippen MR) is 136 cm³/mol. The summed E-state index contributed by atoms with van der Waals surface area (Å²) in [5.41, 5.74) is 0. The first kappa shape index (κ1) is 24.7. The fraction of sp³-hybridized carbons (Fsp3) is 0.400. The van der Waals surface area contributed by atoms with Gasteiger partial charge < -0.3 is 14.2 Å². The van der Waals surface area contributed by atoms with E-state index < -0.39 is 5.97 Å². The highest BCUT2D eigenvalue weighted by atomic mass is 16.9. The molecule has 3 rings (SSSR count). The maximum atomic E-state index is 6.61. The Morgan fingerprint density at radius 1 is 0.545 bits per heavy atom. The highest BCUT2D eigenvalue weighted by Gasteiger charge is 2.46. The van der Waals surface area contributed by atoms with Gasteiger partial charge in [-0.1, -0.05) is 107 Å². The third-order valence-corrected chi connectivity index (χ3v) is 5.91. The Balaban J connectivity index is 1.90. The van der Waals surface area contributed by atoms with Gasteiger partial charge in [-0.25, -0.2) is 0 Å². The number of unbranched alkanes of at least 4 members (excludes halogenated alkanes) is 5. The molecule has 0 saturated heterocycles. The first-order valence-corrected chi connectivity index (χ1v) is 12.5. The lowest BCUT2D eigenvalue weighted by Crippen LogP contribution is -2.54. The van der Waals surface area contributed by atoms with E-state index >= 15 is 0 Å². The third kappa shape index (κ3) is 7.85. The Labute approximate surface area is 199 Å². The van der Waals surface area contributed by atoms with E-state index in [1.807, 2.05) is 91.0 Å². The zero-order valence-electron chi connectivity index (χ0n) is 20.1. The quantitative estimate of drug-likeness (QED) is 0.173. The monoisotopic (exact) mass is 446 g/mol. The number of hydrogen-bond acceptors (Lipinski definition) is 3. The van der Waals surface area contributed by atoms with E-state index in [0.717, 1.165) is 36.5 Å². The molecule has 0 saturated carbocycles. The van der Waals surface area contributed by atoms with Crippen LogP contribution in [0.1, 0.15) is 65.2 Å². The number of benzene rings is 3. The molecule has 0 spiro atoms. The fourth-order valence-electron chi connectivity index (χ4n) is 4.07. The second-order valence-electron chi connectivity index (χ2n) is 8.51. The Bertz CT molecular complexity index is 779. The van der Waals surface area contributed by atoms with Crippen LogP contribution in [0.2, 0.25) is 0 Å². The van der Waals surface area contributed by atoms with E-state index in [4.69, 9.17) is 14.2 Å². The molecule has 33 heavy (non-hydrogen) atoms. The van der Waals surface area contributed by atoms with Gasteiger partial charge in [0.1, 0.15) is 17.2 Å². The molecule has 0 N–H and O–H groups in total. The molecule has 0 aliphatic rings. The van der Waals surface area contributed by atoms with E-state index in [0.29, 0.717) is 0 Å². The van der Waals surface area contributed by atoms with E-state index in [2.05, 4.69) is 13.8 Å². The van der Waals surface area contributed by atoms with Gasteiger partial charge in [-0.3, -0.25) is 0 Å². The van der Waals surface area contributed by atoms with Gasteiger partial charge in [-0.15, -0.1) is 0 Å². The summed E-state index contributed by atoms with van der Waals surface area (Å²) >= 11 is 0. The zero-order valence-corrected chi connectivity index (χ0v) is 20.1. The number of para-hydroxylation sites is 3. The van der Waals surface area contributed by atoms with Gasteiger partial charge in [-0.2, -0.15) is 0 Å². The molecule has 0 heterocycles. The first-order chi connectivity index (χ1) is 16.3. The van der Waals surface area contributed by atoms with Gasteiger partial charge >= 0.3 is 5.97 Å². The average molecular weight is 447 g/mol. The summed E-state index contributed by atoms with van der Waals surface area (Å²) in [6.45, 7) is 4.44. The molecular weight excluding hydrogens is 408 g/mol. The first-order valence-electron chi connectivity index (χ1n) is 12.5. The largest absolute Gasteiger partial charge is 0.420 e. The second kappa shape index (κ2) is 13.6. The second-order valence-corrected chi connectivity index (χ2v) is 8.51. The van der Waals surface area contributed by atoms with E-state index in [1.54, 1.807) is 0 Å². The minimum absolute atomic E-state index is 0.0456. The molecule has 0 radical (unpaired) electrons. The topological polar surface area (TPSA) is 27.7 Å². The molecule has 3 heteroatoms. The predicted octanol–water partition coefficient (Wildman–Crippen LogP) is 8.65. The van der Waals surface area contributed by atoms with Crippen LogP contribution in [0.3, 0.4) is 0 Å². The van der Waals surface area contributed by atoms with Crippen LogP contribution in [0, 0.1) is 5.92 Å². The summed E-state index contributed by atoms with van der Waals surface area (Å²) in [6, 6.07) is 29.5. The van der Waals surface area contributed by atoms with Crippen LogP contribution in [0.25, 0.3) is 0 Å². The van der Waals surface area contributed by atoms with Crippen molar-refractivity contribution >= 4 is 0 Å². The van der Waals surface area contributed by atoms with Crippen molar-refractivity contribution in [1.82, 2.24) is 0 Å². The Morgan fingerprint density at radius 2 is 0.939 bits per heavy atom. The van der Waals surface area contributed by atoms with Gasteiger partial charge in [0.25, 0.3) is 0 Å². The van der Waals surface area contributed by atoms with E-state index in [9.17, 15) is 0 Å². The molecule has 0 aromatic heterocycles. The van der Waals surface area contributed by atoms with Crippen molar-refractivity contribution in [2.75, 3.05) is 0 Å². The fourth-order valence-corrected chi connectivity index (χ4v) is 4.07. The van der Waals surface area contributed by atoms with Crippen molar-refractivity contribution in [2.45, 2.75) is 71.2 Å². The van der Waals surface area contributed by atoms with Crippen LogP contribution in [0.5, 0.6) is 17.2 Å². The van der Waals surface area contributed by atoms with Crippen LogP contribution in [-0.4, -0.2) is 5.97 Å². The molecule has 0 fully saturated rings. The molecule has 0 bridgehead atoms. The Morgan fingerprint density at radius 3 is 1.33 bits per heavy atom. The smallest absolute Gasteiger partial charge is 0.420 e. The summed E-state index contributed by atoms with van der Waals surface area (Å²) in [7, 11) is 0. The lowest BCUT2D eigenvalue weighted by molar-refractivity contribution is -0.287. The van der Waals surface area contributed by atoms with Crippen LogP contribution < -0.4 is 14.2 Å². The maximum Gasteiger partial charge on any atom is 0.420 e. The van der Waals surface area contributed by atoms with Crippen LogP contribution in [0.4, 0.5) is 0 Å². The molecule has 176 valence electrons. The summed E-state index contributed by atoms with van der Waals surface area (Å²) in [5, 5.41) is 0. The van der Waals surface area contributed by atoms with Crippen molar-refractivity contribution in [1.29, 1.82) is 0 Å². The molecule has 1 unspecified atom stereocenters. The average Bonchev–Trinajstić information content (AvgIpc) is 2.85. The van der Waals surface area contributed by atoms with Crippen LogP contribution >= 0.6 is 0 Å². The van der Waals surface area contributed by atoms with Gasteiger partial charge in [0.05, 0.1) is 5.92 Å². The normalized spacial score (nSPS) is 12.2. The van der Waals surface area contributed by atoms with Crippen LogP contribution in [-0.2, 0) is 0 Å². The molecule has 0 aliphatic heterocycles. The highest BCUT2D eigenvalue weighted by Crippen LogP contribution is 2.36. The molecule has 1 atom stereocenters. The standard InChI is InChI=1S/C30H38O3/c1-3-5-6-7-8-12-19-26(4-2)30(31-27-20-13-9-14-21-27,32-28-22-15-10-16-23-28)33-29-24-17-11-18-25-29/h9-11,13-18,20-26H,3-8,12,19H2,1-2H3. The molecule has 3 aromatic carbocycles. The Kier molecular flexibility index (Phi) is 10.2. The molecule has 0 aliphatic carbocycles. The summed E-state index contributed by atoms with van der Waals surface area (Å²) in [4.78, 5) is 0. The van der Waals surface area contributed by atoms with Crippen molar-refractivity contribution in [3.05, 3.63) is 91.0 Å². The minimum Gasteiger partial charge on any atom is -0.420 e. The lowest BCUT2D eigenvalue weighted by atomic mass is 9.94. The van der Waals surface area contributed by atoms with Crippen molar-refractivity contribution < 1.29 is 14.2 Å².